The van der Waals surface area contributed by atoms with Gasteiger partial charge in [0.2, 0.25) is 5.91 Å². The molecule has 0 saturated heterocycles. The van der Waals surface area contributed by atoms with Crippen LogP contribution in [0.2, 0.25) is 0 Å². The standard InChI is InChI=1S/C16H20N2O3/c1-2-18(12-13-6-5-10-20-13)16(19)9-11-21-15-8-4-3-7-14(15)17/h3-8,10H,2,9,11-12,17H2,1H3. The number of ether oxygens (including phenoxy) is 1. The number of nitrogens with two attached hydrogens (primary N) is 1. The molecule has 2 N–H and O–H groups in total. The molecule has 0 spiro atoms. The molecular weight excluding hydrogens is 268 g/mol. The highest BCUT2D eigenvalue weighted by molar-refractivity contribution is 5.76. The van der Waals surface area contributed by atoms with Gasteiger partial charge < -0.3 is 19.8 Å². The Labute approximate surface area is 124 Å². The summed E-state index contributed by atoms with van der Waals surface area (Å²) in [6.45, 7) is 3.36. The quantitative estimate of drug-likeness (QED) is 0.795. The molecule has 112 valence electrons. The van der Waals surface area contributed by atoms with Crippen LogP contribution in [0.15, 0.2) is 47.1 Å². The van der Waals surface area contributed by atoms with Crippen molar-refractivity contribution >= 4 is 11.6 Å². The van der Waals surface area contributed by atoms with Crippen LogP contribution in [0.1, 0.15) is 19.1 Å². The van der Waals surface area contributed by atoms with Crippen LogP contribution >= 0.6 is 0 Å². The zero-order chi connectivity index (χ0) is 15.1. The van der Waals surface area contributed by atoms with Crippen molar-refractivity contribution in [2.45, 2.75) is 19.9 Å². The Bertz CT molecular complexity index is 567. The normalized spacial score (nSPS) is 10.3. The van der Waals surface area contributed by atoms with E-state index in [-0.39, 0.29) is 5.91 Å². The summed E-state index contributed by atoms with van der Waals surface area (Å²) in [5.74, 6) is 1.42. The fourth-order valence-corrected chi connectivity index (χ4v) is 1.99. The molecule has 21 heavy (non-hydrogen) atoms. The Morgan fingerprint density at radius 2 is 2.10 bits per heavy atom. The highest BCUT2D eigenvalue weighted by atomic mass is 16.5. The van der Waals surface area contributed by atoms with Gasteiger partial charge in [-0.2, -0.15) is 0 Å². The van der Waals surface area contributed by atoms with Gasteiger partial charge in [0.15, 0.2) is 0 Å². The van der Waals surface area contributed by atoms with Crippen molar-refractivity contribution in [2.75, 3.05) is 18.9 Å². The number of rotatable bonds is 7. The summed E-state index contributed by atoms with van der Waals surface area (Å²) in [6, 6.07) is 10.9. The Morgan fingerprint density at radius 1 is 1.29 bits per heavy atom. The smallest absolute Gasteiger partial charge is 0.226 e. The summed E-state index contributed by atoms with van der Waals surface area (Å²) < 4.78 is 10.8. The zero-order valence-corrected chi connectivity index (χ0v) is 12.1. The average molecular weight is 288 g/mol. The Morgan fingerprint density at radius 3 is 2.76 bits per heavy atom. The molecule has 5 heteroatoms. The second-order valence-electron chi connectivity index (χ2n) is 4.62. The molecule has 0 unspecified atom stereocenters. The minimum atomic E-state index is 0.0309. The van der Waals surface area contributed by atoms with Gasteiger partial charge >= 0.3 is 0 Å². The first-order valence-corrected chi connectivity index (χ1v) is 6.98. The molecule has 0 aliphatic heterocycles. The monoisotopic (exact) mass is 288 g/mol. The van der Waals surface area contributed by atoms with Crippen molar-refractivity contribution in [2.24, 2.45) is 0 Å². The number of carbonyl (C=O) groups excluding carboxylic acids is 1. The molecule has 0 aliphatic rings. The van der Waals surface area contributed by atoms with Crippen LogP contribution in [0.4, 0.5) is 5.69 Å². The van der Waals surface area contributed by atoms with Gasteiger partial charge in [0, 0.05) is 6.54 Å². The molecule has 0 bridgehead atoms. The minimum Gasteiger partial charge on any atom is -0.491 e. The molecule has 1 aromatic heterocycles. The first-order valence-electron chi connectivity index (χ1n) is 6.98. The third-order valence-corrected chi connectivity index (χ3v) is 3.15. The van der Waals surface area contributed by atoms with Crippen LogP contribution in [0.25, 0.3) is 0 Å². The van der Waals surface area contributed by atoms with E-state index in [4.69, 9.17) is 14.9 Å². The van der Waals surface area contributed by atoms with Gasteiger partial charge in [-0.05, 0) is 31.2 Å². The maximum Gasteiger partial charge on any atom is 0.226 e. The lowest BCUT2D eigenvalue weighted by Gasteiger charge is -2.19. The van der Waals surface area contributed by atoms with Gasteiger partial charge in [-0.3, -0.25) is 4.79 Å². The van der Waals surface area contributed by atoms with Crippen molar-refractivity contribution in [3.05, 3.63) is 48.4 Å². The van der Waals surface area contributed by atoms with Gasteiger partial charge in [0.05, 0.1) is 31.5 Å². The van der Waals surface area contributed by atoms with E-state index in [0.29, 0.717) is 37.6 Å². The van der Waals surface area contributed by atoms with Crippen LogP contribution in [0.5, 0.6) is 5.75 Å². The predicted octanol–water partition coefficient (Wildman–Crippen LogP) is 2.68. The van der Waals surface area contributed by atoms with E-state index >= 15 is 0 Å². The van der Waals surface area contributed by atoms with Crippen molar-refractivity contribution < 1.29 is 13.9 Å². The summed E-state index contributed by atoms with van der Waals surface area (Å²) in [5.41, 5.74) is 6.36. The molecule has 0 aliphatic carbocycles. The second kappa shape index (κ2) is 7.38. The van der Waals surface area contributed by atoms with E-state index < -0.39 is 0 Å². The van der Waals surface area contributed by atoms with Gasteiger partial charge in [-0.25, -0.2) is 0 Å². The van der Waals surface area contributed by atoms with Crippen molar-refractivity contribution in [3.63, 3.8) is 0 Å². The molecule has 2 rings (SSSR count). The second-order valence-corrected chi connectivity index (χ2v) is 4.62. The molecular formula is C16H20N2O3. The number of nitrogens with zero attached hydrogens (tertiary/aromatic N) is 1. The van der Waals surface area contributed by atoms with E-state index in [2.05, 4.69) is 0 Å². The number of benzene rings is 1. The van der Waals surface area contributed by atoms with Crippen molar-refractivity contribution in [3.8, 4) is 5.75 Å². The number of nitrogen functional groups attached to an aromatic ring is 1. The van der Waals surface area contributed by atoms with E-state index in [0.717, 1.165) is 5.76 Å². The molecule has 0 atom stereocenters. The van der Waals surface area contributed by atoms with Gasteiger partial charge in [-0.1, -0.05) is 12.1 Å². The summed E-state index contributed by atoms with van der Waals surface area (Å²) in [7, 11) is 0. The van der Waals surface area contributed by atoms with Gasteiger partial charge in [0.25, 0.3) is 0 Å². The predicted molar refractivity (Wildman–Crippen MR) is 80.8 cm³/mol. The van der Waals surface area contributed by atoms with Crippen LogP contribution in [-0.2, 0) is 11.3 Å². The summed E-state index contributed by atoms with van der Waals surface area (Å²) in [5, 5.41) is 0. The Kier molecular flexibility index (Phi) is 5.26. The number of furan rings is 1. The number of anilines is 1. The van der Waals surface area contributed by atoms with E-state index in [1.807, 2.05) is 31.2 Å². The Balaban J connectivity index is 1.81. The molecule has 0 fully saturated rings. The minimum absolute atomic E-state index is 0.0309. The topological polar surface area (TPSA) is 68.7 Å². The van der Waals surface area contributed by atoms with Gasteiger partial charge in [-0.15, -0.1) is 0 Å². The molecule has 0 saturated carbocycles. The summed E-state index contributed by atoms with van der Waals surface area (Å²) in [6.07, 6.45) is 1.91. The molecule has 0 radical (unpaired) electrons. The van der Waals surface area contributed by atoms with Crippen LogP contribution in [-0.4, -0.2) is 24.0 Å². The van der Waals surface area contributed by atoms with Crippen molar-refractivity contribution in [1.29, 1.82) is 0 Å². The number of amides is 1. The number of carbonyl (C=O) groups is 1. The zero-order valence-electron chi connectivity index (χ0n) is 12.1. The first kappa shape index (κ1) is 15.0. The van der Waals surface area contributed by atoms with E-state index in [1.165, 1.54) is 0 Å². The van der Waals surface area contributed by atoms with E-state index in [1.54, 1.807) is 23.3 Å². The third kappa shape index (κ3) is 4.27. The summed E-state index contributed by atoms with van der Waals surface area (Å²) in [4.78, 5) is 13.9. The fraction of sp³-hybridized carbons (Fsp3) is 0.312. The lowest BCUT2D eigenvalue weighted by Crippen LogP contribution is -2.31. The maximum atomic E-state index is 12.1. The van der Waals surface area contributed by atoms with Crippen LogP contribution in [0, 0.1) is 0 Å². The van der Waals surface area contributed by atoms with Crippen LogP contribution < -0.4 is 10.5 Å². The first-order chi connectivity index (χ1) is 10.2. The molecule has 1 heterocycles. The third-order valence-electron chi connectivity index (χ3n) is 3.15. The maximum absolute atomic E-state index is 12.1. The lowest BCUT2D eigenvalue weighted by atomic mass is 10.3. The largest absolute Gasteiger partial charge is 0.491 e. The summed E-state index contributed by atoms with van der Waals surface area (Å²) >= 11 is 0. The highest BCUT2D eigenvalue weighted by Crippen LogP contribution is 2.19. The molecule has 1 amide bonds. The number of hydrogen-bond donors (Lipinski definition) is 1. The Hall–Kier alpha value is -2.43. The van der Waals surface area contributed by atoms with Gasteiger partial charge in [0.1, 0.15) is 11.5 Å². The fourth-order valence-electron chi connectivity index (χ4n) is 1.99. The number of hydrogen-bond acceptors (Lipinski definition) is 4. The SMILES string of the molecule is CCN(Cc1ccco1)C(=O)CCOc1ccccc1N. The van der Waals surface area contributed by atoms with Crippen LogP contribution in [0.3, 0.4) is 0 Å². The molecule has 1 aromatic carbocycles. The van der Waals surface area contributed by atoms with E-state index in [9.17, 15) is 4.79 Å². The number of para-hydroxylation sites is 2. The molecule has 2 aromatic rings. The lowest BCUT2D eigenvalue weighted by molar-refractivity contribution is -0.132. The highest BCUT2D eigenvalue weighted by Gasteiger charge is 2.13. The molecule has 5 nitrogen and oxygen atoms in total. The average Bonchev–Trinajstić information content (AvgIpc) is 2.99. The van der Waals surface area contributed by atoms with Crippen molar-refractivity contribution in [1.82, 2.24) is 4.90 Å².